The van der Waals surface area contributed by atoms with Crippen LogP contribution in [-0.2, 0) is 27.4 Å². The van der Waals surface area contributed by atoms with Crippen molar-refractivity contribution in [2.45, 2.75) is 19.4 Å². The van der Waals surface area contributed by atoms with Crippen molar-refractivity contribution in [3.05, 3.63) is 75.8 Å². The Hall–Kier alpha value is -3.22. The summed E-state index contributed by atoms with van der Waals surface area (Å²) in [6.45, 7) is 0.867. The summed E-state index contributed by atoms with van der Waals surface area (Å²) < 4.78 is 5.27. The van der Waals surface area contributed by atoms with Crippen molar-refractivity contribution in [1.29, 1.82) is 0 Å². The summed E-state index contributed by atoms with van der Waals surface area (Å²) in [4.78, 5) is 36.4. The molecular weight excluding hydrogens is 348 g/mol. The van der Waals surface area contributed by atoms with Crippen LogP contribution < -0.4 is 0 Å². The number of esters is 1. The van der Waals surface area contributed by atoms with Crippen LogP contribution in [-0.4, -0.2) is 34.8 Å². The zero-order chi connectivity index (χ0) is 19.2. The Bertz CT molecular complexity index is 837. The topological polar surface area (TPSA) is 89.7 Å². The van der Waals surface area contributed by atoms with Gasteiger partial charge in [-0.3, -0.25) is 19.7 Å². The van der Waals surface area contributed by atoms with Gasteiger partial charge >= 0.3 is 5.97 Å². The number of non-ortho nitro benzene ring substituents is 1. The highest BCUT2D eigenvalue weighted by molar-refractivity contribution is 5.86. The lowest BCUT2D eigenvalue weighted by molar-refractivity contribution is -0.384. The number of nitro groups is 1. The third-order valence-electron chi connectivity index (χ3n) is 4.56. The van der Waals surface area contributed by atoms with Crippen molar-refractivity contribution < 1.29 is 19.2 Å². The highest BCUT2D eigenvalue weighted by Crippen LogP contribution is 2.21. The second kappa shape index (κ2) is 8.44. The SMILES string of the molecule is O=C(OCc1cccc([N+](=O)[O-])c1)C1CC(=O)N(CCc2ccccc2)C1. The lowest BCUT2D eigenvalue weighted by atomic mass is 10.1. The van der Waals surface area contributed by atoms with Gasteiger partial charge in [0.2, 0.25) is 5.91 Å². The fraction of sp³-hybridized carbons (Fsp3) is 0.300. The molecular formula is C20H20N2O5. The number of nitro benzene ring substituents is 1. The number of likely N-dealkylation sites (tertiary alicyclic amines) is 1. The lowest BCUT2D eigenvalue weighted by Gasteiger charge is -2.16. The zero-order valence-corrected chi connectivity index (χ0v) is 14.7. The van der Waals surface area contributed by atoms with Crippen molar-refractivity contribution >= 4 is 17.6 Å². The largest absolute Gasteiger partial charge is 0.461 e. The minimum Gasteiger partial charge on any atom is -0.461 e. The van der Waals surface area contributed by atoms with Gasteiger partial charge in [0.1, 0.15) is 6.61 Å². The van der Waals surface area contributed by atoms with Crippen molar-refractivity contribution in [3.8, 4) is 0 Å². The monoisotopic (exact) mass is 368 g/mol. The molecule has 27 heavy (non-hydrogen) atoms. The number of benzene rings is 2. The Kier molecular flexibility index (Phi) is 5.80. The molecule has 1 aliphatic heterocycles. The van der Waals surface area contributed by atoms with Crippen LogP contribution in [0.3, 0.4) is 0 Å². The van der Waals surface area contributed by atoms with Crippen molar-refractivity contribution in [3.63, 3.8) is 0 Å². The summed E-state index contributed by atoms with van der Waals surface area (Å²) in [5.41, 5.74) is 1.64. The summed E-state index contributed by atoms with van der Waals surface area (Å²) in [6, 6.07) is 15.8. The first-order valence-electron chi connectivity index (χ1n) is 8.74. The number of amides is 1. The predicted molar refractivity (Wildman–Crippen MR) is 97.7 cm³/mol. The Balaban J connectivity index is 1.50. The molecule has 140 valence electrons. The molecule has 0 bridgehead atoms. The van der Waals surface area contributed by atoms with Crippen LogP contribution in [0, 0.1) is 16.0 Å². The van der Waals surface area contributed by atoms with E-state index in [9.17, 15) is 19.7 Å². The highest BCUT2D eigenvalue weighted by Gasteiger charge is 2.35. The maximum Gasteiger partial charge on any atom is 0.311 e. The van der Waals surface area contributed by atoms with E-state index in [0.29, 0.717) is 18.7 Å². The molecule has 7 nitrogen and oxygen atoms in total. The molecule has 2 aromatic rings. The van der Waals surface area contributed by atoms with E-state index in [1.54, 1.807) is 17.0 Å². The first kappa shape index (κ1) is 18.6. The lowest BCUT2D eigenvalue weighted by Crippen LogP contribution is -2.28. The van der Waals surface area contributed by atoms with Gasteiger partial charge in [0.15, 0.2) is 0 Å². The average molecular weight is 368 g/mol. The van der Waals surface area contributed by atoms with Gasteiger partial charge in [-0.1, -0.05) is 42.5 Å². The van der Waals surface area contributed by atoms with Gasteiger partial charge in [-0.15, -0.1) is 0 Å². The molecule has 0 saturated carbocycles. The molecule has 1 atom stereocenters. The van der Waals surface area contributed by atoms with Crippen LogP contribution in [0.1, 0.15) is 17.5 Å². The number of carbonyl (C=O) groups is 2. The maximum absolute atomic E-state index is 12.3. The Labute approximate surface area is 156 Å². The van der Waals surface area contributed by atoms with Crippen molar-refractivity contribution in [1.82, 2.24) is 4.90 Å². The fourth-order valence-corrected chi connectivity index (χ4v) is 3.09. The normalized spacial score (nSPS) is 16.4. The van der Waals surface area contributed by atoms with E-state index in [0.717, 1.165) is 12.0 Å². The molecule has 0 spiro atoms. The molecule has 7 heteroatoms. The Morgan fingerprint density at radius 3 is 2.63 bits per heavy atom. The molecule has 3 rings (SSSR count). The van der Waals surface area contributed by atoms with E-state index in [-0.39, 0.29) is 24.6 Å². The van der Waals surface area contributed by atoms with Gasteiger partial charge in [0, 0.05) is 31.6 Å². The van der Waals surface area contributed by atoms with Gasteiger partial charge in [-0.25, -0.2) is 0 Å². The zero-order valence-electron chi connectivity index (χ0n) is 14.7. The van der Waals surface area contributed by atoms with Crippen LogP contribution in [0.15, 0.2) is 54.6 Å². The molecule has 0 N–H and O–H groups in total. The van der Waals surface area contributed by atoms with Crippen LogP contribution in [0.25, 0.3) is 0 Å². The van der Waals surface area contributed by atoms with Gasteiger partial charge < -0.3 is 9.64 Å². The number of hydrogen-bond acceptors (Lipinski definition) is 5. The molecule has 1 aliphatic rings. The molecule has 1 saturated heterocycles. The molecule has 0 radical (unpaired) electrons. The van der Waals surface area contributed by atoms with Crippen molar-refractivity contribution in [2.24, 2.45) is 5.92 Å². The van der Waals surface area contributed by atoms with E-state index in [1.165, 1.54) is 12.1 Å². The average Bonchev–Trinajstić information content (AvgIpc) is 3.06. The van der Waals surface area contributed by atoms with E-state index < -0.39 is 16.8 Å². The van der Waals surface area contributed by atoms with Gasteiger partial charge in [0.25, 0.3) is 5.69 Å². The second-order valence-corrected chi connectivity index (χ2v) is 6.51. The Morgan fingerprint density at radius 1 is 1.15 bits per heavy atom. The minimum atomic E-state index is -0.494. The minimum absolute atomic E-state index is 0.0464. The van der Waals surface area contributed by atoms with E-state index >= 15 is 0 Å². The maximum atomic E-state index is 12.3. The Morgan fingerprint density at radius 2 is 1.89 bits per heavy atom. The first-order valence-corrected chi connectivity index (χ1v) is 8.74. The summed E-state index contributed by atoms with van der Waals surface area (Å²) in [6.07, 6.45) is 0.880. The fourth-order valence-electron chi connectivity index (χ4n) is 3.09. The van der Waals surface area contributed by atoms with Crippen molar-refractivity contribution in [2.75, 3.05) is 13.1 Å². The smallest absolute Gasteiger partial charge is 0.311 e. The van der Waals surface area contributed by atoms with E-state index in [2.05, 4.69) is 0 Å². The predicted octanol–water partition coefficient (Wildman–Crippen LogP) is 2.73. The third kappa shape index (κ3) is 4.91. The summed E-state index contributed by atoms with van der Waals surface area (Å²) in [5, 5.41) is 10.8. The molecule has 1 heterocycles. The van der Waals surface area contributed by atoms with Crippen LogP contribution in [0.2, 0.25) is 0 Å². The number of hydrogen-bond donors (Lipinski definition) is 0. The number of ether oxygens (including phenoxy) is 1. The molecule has 1 amide bonds. The number of carbonyl (C=O) groups excluding carboxylic acids is 2. The van der Waals surface area contributed by atoms with Crippen LogP contribution in [0.5, 0.6) is 0 Å². The van der Waals surface area contributed by atoms with Gasteiger partial charge in [-0.2, -0.15) is 0 Å². The van der Waals surface area contributed by atoms with Gasteiger partial charge in [0.05, 0.1) is 10.8 Å². The van der Waals surface area contributed by atoms with E-state index in [4.69, 9.17) is 4.74 Å². The standard InChI is InChI=1S/C20H20N2O5/c23-19-12-17(13-21(19)10-9-15-5-2-1-3-6-15)20(24)27-14-16-7-4-8-18(11-16)22(25)26/h1-8,11,17H,9-10,12-14H2. The molecule has 1 fully saturated rings. The number of rotatable bonds is 7. The molecule has 2 aromatic carbocycles. The third-order valence-corrected chi connectivity index (χ3v) is 4.56. The van der Waals surface area contributed by atoms with Gasteiger partial charge in [-0.05, 0) is 17.5 Å². The number of nitrogens with zero attached hydrogens (tertiary/aromatic N) is 2. The quantitative estimate of drug-likeness (QED) is 0.426. The second-order valence-electron chi connectivity index (χ2n) is 6.51. The molecule has 1 unspecified atom stereocenters. The summed E-state index contributed by atoms with van der Waals surface area (Å²) >= 11 is 0. The first-order chi connectivity index (χ1) is 13.0. The summed E-state index contributed by atoms with van der Waals surface area (Å²) in [7, 11) is 0. The summed E-state index contributed by atoms with van der Waals surface area (Å²) in [5.74, 6) is -0.993. The van der Waals surface area contributed by atoms with Crippen LogP contribution in [0.4, 0.5) is 5.69 Å². The molecule has 0 aromatic heterocycles. The highest BCUT2D eigenvalue weighted by atomic mass is 16.6. The van der Waals surface area contributed by atoms with Crippen LogP contribution >= 0.6 is 0 Å². The van der Waals surface area contributed by atoms with E-state index in [1.807, 2.05) is 30.3 Å². The molecule has 0 aliphatic carbocycles.